The Kier molecular flexibility index (Phi) is 4.26. The summed E-state index contributed by atoms with van der Waals surface area (Å²) >= 11 is 0. The van der Waals surface area contributed by atoms with Crippen molar-refractivity contribution in [2.24, 2.45) is 0 Å². The maximum Gasteiger partial charge on any atom is 0.129 e. The second kappa shape index (κ2) is 5.91. The smallest absolute Gasteiger partial charge is 0.129 e. The largest absolute Gasteiger partial charge is 0.497 e. The Labute approximate surface area is 108 Å². The van der Waals surface area contributed by atoms with Crippen LogP contribution >= 0.6 is 0 Å². The summed E-state index contributed by atoms with van der Waals surface area (Å²) in [5, 5.41) is 9.76. The van der Waals surface area contributed by atoms with Gasteiger partial charge in [-0.2, -0.15) is 0 Å². The highest BCUT2D eigenvalue weighted by Crippen LogP contribution is 2.31. The Morgan fingerprint density at radius 3 is 2.83 bits per heavy atom. The Hall–Kier alpha value is -1.48. The molecule has 1 N–H and O–H groups in total. The van der Waals surface area contributed by atoms with E-state index in [0.29, 0.717) is 5.75 Å². The zero-order valence-corrected chi connectivity index (χ0v) is 10.9. The minimum Gasteiger partial charge on any atom is -0.497 e. The van der Waals surface area contributed by atoms with Crippen LogP contribution in [-0.2, 0) is 0 Å². The first-order chi connectivity index (χ1) is 8.70. The second-order valence-corrected chi connectivity index (χ2v) is 4.60. The fourth-order valence-corrected chi connectivity index (χ4v) is 2.13. The minimum atomic E-state index is -0.543. The highest BCUT2D eigenvalue weighted by Gasteiger charge is 2.15. The number of ether oxygens (including phenoxy) is 2. The maximum atomic E-state index is 9.76. The predicted octanol–water partition coefficient (Wildman–Crippen LogP) is 3.24. The molecule has 1 aliphatic carbocycles. The molecule has 0 saturated heterocycles. The van der Waals surface area contributed by atoms with E-state index in [1.165, 1.54) is 0 Å². The van der Waals surface area contributed by atoms with Gasteiger partial charge in [0.25, 0.3) is 0 Å². The van der Waals surface area contributed by atoms with Crippen LogP contribution < -0.4 is 9.47 Å². The first-order valence-corrected chi connectivity index (χ1v) is 6.40. The molecule has 2 rings (SSSR count). The number of aliphatic hydroxyl groups excluding tert-OH is 1. The normalized spacial score (nSPS) is 20.5. The molecule has 1 aliphatic rings. The molecule has 1 aromatic rings. The molecule has 18 heavy (non-hydrogen) atoms. The lowest BCUT2D eigenvalue weighted by atomic mass is 10.0. The van der Waals surface area contributed by atoms with Crippen LogP contribution in [-0.4, -0.2) is 18.3 Å². The van der Waals surface area contributed by atoms with Crippen molar-refractivity contribution in [3.8, 4) is 11.5 Å². The van der Waals surface area contributed by atoms with Crippen LogP contribution in [0, 0.1) is 0 Å². The first-order valence-electron chi connectivity index (χ1n) is 6.40. The van der Waals surface area contributed by atoms with E-state index < -0.39 is 6.10 Å². The van der Waals surface area contributed by atoms with Crippen molar-refractivity contribution in [1.82, 2.24) is 0 Å². The summed E-state index contributed by atoms with van der Waals surface area (Å²) < 4.78 is 11.2. The van der Waals surface area contributed by atoms with Gasteiger partial charge in [0.2, 0.25) is 0 Å². The van der Waals surface area contributed by atoms with Gasteiger partial charge in [0.05, 0.1) is 13.2 Å². The zero-order chi connectivity index (χ0) is 13.0. The molecular weight excluding hydrogens is 228 g/mol. The van der Waals surface area contributed by atoms with E-state index in [-0.39, 0.29) is 6.10 Å². The van der Waals surface area contributed by atoms with Gasteiger partial charge >= 0.3 is 0 Å². The van der Waals surface area contributed by atoms with Gasteiger partial charge in [-0.05, 0) is 44.4 Å². The summed E-state index contributed by atoms with van der Waals surface area (Å²) in [6.07, 6.45) is 7.09. The number of allylic oxidation sites excluding steroid dienone is 1. The van der Waals surface area contributed by atoms with E-state index in [4.69, 9.17) is 9.47 Å². The lowest BCUT2D eigenvalue weighted by Crippen LogP contribution is -2.17. The molecule has 0 heterocycles. The molecule has 0 fully saturated rings. The summed E-state index contributed by atoms with van der Waals surface area (Å²) in [6.45, 7) is 1.74. The van der Waals surface area contributed by atoms with Gasteiger partial charge in [-0.15, -0.1) is 0 Å². The quantitative estimate of drug-likeness (QED) is 0.831. The predicted molar refractivity (Wildman–Crippen MR) is 71.0 cm³/mol. The van der Waals surface area contributed by atoms with Crippen molar-refractivity contribution in [3.05, 3.63) is 35.9 Å². The molecule has 2 unspecified atom stereocenters. The van der Waals surface area contributed by atoms with E-state index in [2.05, 4.69) is 12.2 Å². The molecule has 0 bridgehead atoms. The topological polar surface area (TPSA) is 38.7 Å². The van der Waals surface area contributed by atoms with Crippen LogP contribution in [0.15, 0.2) is 30.4 Å². The van der Waals surface area contributed by atoms with Crippen molar-refractivity contribution in [2.75, 3.05) is 7.11 Å². The van der Waals surface area contributed by atoms with Crippen molar-refractivity contribution in [3.63, 3.8) is 0 Å². The summed E-state index contributed by atoms with van der Waals surface area (Å²) in [5.41, 5.74) is 0.801. The molecule has 0 aromatic heterocycles. The van der Waals surface area contributed by atoms with E-state index in [1.54, 1.807) is 14.0 Å². The van der Waals surface area contributed by atoms with Crippen LogP contribution in [0.25, 0.3) is 0 Å². The lowest BCUT2D eigenvalue weighted by Gasteiger charge is -2.21. The fourth-order valence-electron chi connectivity index (χ4n) is 2.13. The summed E-state index contributed by atoms with van der Waals surface area (Å²) in [5.74, 6) is 1.45. The van der Waals surface area contributed by atoms with Gasteiger partial charge in [-0.3, -0.25) is 0 Å². The summed E-state index contributed by atoms with van der Waals surface area (Å²) in [7, 11) is 1.63. The number of hydrogen-bond donors (Lipinski definition) is 1. The summed E-state index contributed by atoms with van der Waals surface area (Å²) in [4.78, 5) is 0. The first kappa shape index (κ1) is 13.0. The Balaban J connectivity index is 2.22. The van der Waals surface area contributed by atoms with Crippen LogP contribution in [0.1, 0.15) is 37.9 Å². The van der Waals surface area contributed by atoms with Crippen molar-refractivity contribution >= 4 is 0 Å². The lowest BCUT2D eigenvalue weighted by molar-refractivity contribution is 0.180. The number of aliphatic hydroxyl groups is 1. The minimum absolute atomic E-state index is 0.100. The van der Waals surface area contributed by atoms with Gasteiger partial charge in [0, 0.05) is 11.6 Å². The molecular formula is C15H20O3. The third kappa shape index (κ3) is 3.05. The van der Waals surface area contributed by atoms with Crippen LogP contribution in [0.4, 0.5) is 0 Å². The average Bonchev–Trinajstić information content (AvgIpc) is 2.39. The molecule has 2 atom stereocenters. The van der Waals surface area contributed by atoms with Crippen LogP contribution in [0.3, 0.4) is 0 Å². The third-order valence-corrected chi connectivity index (χ3v) is 3.16. The second-order valence-electron chi connectivity index (χ2n) is 4.60. The van der Waals surface area contributed by atoms with E-state index in [0.717, 1.165) is 30.6 Å². The van der Waals surface area contributed by atoms with Crippen LogP contribution in [0.2, 0.25) is 0 Å². The molecule has 3 heteroatoms. The fraction of sp³-hybridized carbons (Fsp3) is 0.467. The Bertz CT molecular complexity index is 424. The van der Waals surface area contributed by atoms with Crippen LogP contribution in [0.5, 0.6) is 11.5 Å². The van der Waals surface area contributed by atoms with Crippen molar-refractivity contribution in [2.45, 2.75) is 38.4 Å². The van der Waals surface area contributed by atoms with E-state index in [9.17, 15) is 5.11 Å². The maximum absolute atomic E-state index is 9.76. The molecule has 1 aromatic carbocycles. The SMILES string of the molecule is COc1ccc(C(C)O)c(OC2C=CCCC2)c1. The van der Waals surface area contributed by atoms with Gasteiger partial charge in [0.15, 0.2) is 0 Å². The molecule has 0 aliphatic heterocycles. The van der Waals surface area contributed by atoms with Gasteiger partial charge < -0.3 is 14.6 Å². The molecule has 0 spiro atoms. The summed E-state index contributed by atoms with van der Waals surface area (Å²) in [6, 6.07) is 5.53. The van der Waals surface area contributed by atoms with E-state index in [1.807, 2.05) is 18.2 Å². The van der Waals surface area contributed by atoms with Gasteiger partial charge in [0.1, 0.15) is 17.6 Å². The number of rotatable bonds is 4. The number of methoxy groups -OCH3 is 1. The Morgan fingerprint density at radius 2 is 2.22 bits per heavy atom. The molecule has 3 nitrogen and oxygen atoms in total. The monoisotopic (exact) mass is 248 g/mol. The molecule has 98 valence electrons. The third-order valence-electron chi connectivity index (χ3n) is 3.16. The molecule has 0 radical (unpaired) electrons. The standard InChI is InChI=1S/C15H20O3/c1-11(16)14-9-8-13(17-2)10-15(14)18-12-6-4-3-5-7-12/h4,6,8-12,16H,3,5,7H2,1-2H3. The van der Waals surface area contributed by atoms with Gasteiger partial charge in [-0.1, -0.05) is 6.08 Å². The Morgan fingerprint density at radius 1 is 1.39 bits per heavy atom. The van der Waals surface area contributed by atoms with Crippen molar-refractivity contribution < 1.29 is 14.6 Å². The van der Waals surface area contributed by atoms with Gasteiger partial charge in [-0.25, -0.2) is 0 Å². The number of hydrogen-bond acceptors (Lipinski definition) is 3. The molecule has 0 saturated carbocycles. The number of benzene rings is 1. The average molecular weight is 248 g/mol. The van der Waals surface area contributed by atoms with E-state index >= 15 is 0 Å². The van der Waals surface area contributed by atoms with Crippen molar-refractivity contribution in [1.29, 1.82) is 0 Å². The highest BCUT2D eigenvalue weighted by molar-refractivity contribution is 5.42. The zero-order valence-electron chi connectivity index (χ0n) is 10.9. The molecule has 0 amide bonds. The highest BCUT2D eigenvalue weighted by atomic mass is 16.5.